The molecule has 0 bridgehead atoms. The van der Waals surface area contributed by atoms with Crippen LogP contribution in [0.3, 0.4) is 0 Å². The molecule has 18 heavy (non-hydrogen) atoms. The van der Waals surface area contributed by atoms with Crippen LogP contribution in [0.15, 0.2) is 24.3 Å². The van der Waals surface area contributed by atoms with Crippen LogP contribution >= 0.6 is 0 Å². The van der Waals surface area contributed by atoms with Crippen LogP contribution in [0.4, 0.5) is 4.79 Å². The molecule has 1 aromatic rings. The standard InChI is InChI=1S/C14H22N2O2/c1-6-16(5)14(17)18-13-9-7-8-12(10-13)11(2)15(3)4/h7-11H,6H2,1-5H3/t11-/m0/s1/i3+1D3,4+1D3. The number of amides is 1. The van der Waals surface area contributed by atoms with Crippen molar-refractivity contribution in [1.82, 2.24) is 9.80 Å². The van der Waals surface area contributed by atoms with Crippen molar-refractivity contribution in [2.24, 2.45) is 0 Å². The maximum absolute atomic E-state index is 11.8. The summed E-state index contributed by atoms with van der Waals surface area (Å²) >= 11 is 0. The van der Waals surface area contributed by atoms with Gasteiger partial charge in [0.25, 0.3) is 0 Å². The van der Waals surface area contributed by atoms with Crippen LogP contribution in [0, 0.1) is 0 Å². The Hall–Kier alpha value is -1.55. The van der Waals surface area contributed by atoms with Gasteiger partial charge in [0.2, 0.25) is 0 Å². The van der Waals surface area contributed by atoms with E-state index in [1.165, 1.54) is 17.9 Å². The summed E-state index contributed by atoms with van der Waals surface area (Å²) in [4.78, 5) is 13.6. The fraction of sp³-hybridized carbons (Fsp3) is 0.500. The van der Waals surface area contributed by atoms with Crippen LogP contribution in [0.5, 0.6) is 5.75 Å². The molecule has 0 aromatic heterocycles. The second-order valence-electron chi connectivity index (χ2n) is 4.00. The Morgan fingerprint density at radius 3 is 2.83 bits per heavy atom. The molecule has 0 aliphatic carbocycles. The van der Waals surface area contributed by atoms with Crippen LogP contribution in [0.1, 0.15) is 33.7 Å². The van der Waals surface area contributed by atoms with Gasteiger partial charge < -0.3 is 14.5 Å². The largest absolute Gasteiger partial charge is 0.414 e. The molecular weight excluding hydrogens is 230 g/mol. The number of rotatable bonds is 4. The van der Waals surface area contributed by atoms with Crippen LogP contribution in [0.25, 0.3) is 0 Å². The fourth-order valence-electron chi connectivity index (χ4n) is 1.29. The summed E-state index contributed by atoms with van der Waals surface area (Å²) in [6.45, 7) is -1.83. The molecule has 0 aliphatic rings. The van der Waals surface area contributed by atoms with Crippen molar-refractivity contribution in [3.8, 4) is 5.75 Å². The van der Waals surface area contributed by atoms with Gasteiger partial charge in [-0.1, -0.05) is 12.1 Å². The maximum atomic E-state index is 11.8. The first-order valence-electron chi connectivity index (χ1n) is 8.70. The second-order valence-corrected chi connectivity index (χ2v) is 4.00. The molecular formula is C14H22N2O2. The van der Waals surface area contributed by atoms with Crippen molar-refractivity contribution in [3.63, 3.8) is 0 Å². The Morgan fingerprint density at radius 2 is 2.22 bits per heavy atom. The molecule has 1 atom stereocenters. The number of hydrogen-bond donors (Lipinski definition) is 0. The van der Waals surface area contributed by atoms with Crippen molar-refractivity contribution >= 4 is 6.09 Å². The van der Waals surface area contributed by atoms with Gasteiger partial charge in [0, 0.05) is 27.9 Å². The van der Waals surface area contributed by atoms with Crippen molar-refractivity contribution in [2.45, 2.75) is 19.9 Å². The summed E-state index contributed by atoms with van der Waals surface area (Å²) < 4.78 is 50.1. The van der Waals surface area contributed by atoms with Gasteiger partial charge in [0.15, 0.2) is 0 Å². The third-order valence-corrected chi connectivity index (χ3v) is 2.72. The first kappa shape index (κ1) is 7.79. The zero-order valence-corrected chi connectivity index (χ0v) is 10.8. The van der Waals surface area contributed by atoms with Crippen LogP contribution in [0.2, 0.25) is 0 Å². The average Bonchev–Trinajstić information content (AvgIpc) is 2.43. The molecule has 100 valence electrons. The molecule has 0 radical (unpaired) electrons. The highest BCUT2D eigenvalue weighted by atomic mass is 16.6. The zero-order chi connectivity index (χ0) is 18.7. The minimum absolute atomic E-state index is 0.223. The molecule has 0 spiro atoms. The van der Waals surface area contributed by atoms with E-state index in [-0.39, 0.29) is 5.75 Å². The quantitative estimate of drug-likeness (QED) is 0.779. The highest BCUT2D eigenvalue weighted by Crippen LogP contribution is 2.22. The van der Waals surface area contributed by atoms with E-state index >= 15 is 0 Å². The van der Waals surface area contributed by atoms with Crippen LogP contribution in [-0.4, -0.2) is 43.4 Å². The van der Waals surface area contributed by atoms with Crippen molar-refractivity contribution in [2.75, 3.05) is 27.5 Å². The lowest BCUT2D eigenvalue weighted by atomic mass is 10.1. The van der Waals surface area contributed by atoms with Gasteiger partial charge in [0.1, 0.15) is 5.75 Å². The topological polar surface area (TPSA) is 32.8 Å². The average molecular weight is 258 g/mol. The number of hydrogen-bond acceptors (Lipinski definition) is 3. The van der Waals surface area contributed by atoms with Gasteiger partial charge in [-0.25, -0.2) is 4.79 Å². The lowest BCUT2D eigenvalue weighted by Crippen LogP contribution is -2.29. The van der Waals surface area contributed by atoms with E-state index in [0.717, 1.165) is 0 Å². The predicted octanol–water partition coefficient (Wildman–Crippen LogP) is 2.76. The van der Waals surface area contributed by atoms with E-state index < -0.39 is 26.1 Å². The lowest BCUT2D eigenvalue weighted by Gasteiger charge is -2.21. The fourth-order valence-corrected chi connectivity index (χ4v) is 1.29. The summed E-state index contributed by atoms with van der Waals surface area (Å²) in [5, 5.41) is 0. The highest BCUT2D eigenvalue weighted by Gasteiger charge is 2.12. The van der Waals surface area contributed by atoms with E-state index in [9.17, 15) is 4.79 Å². The lowest BCUT2D eigenvalue weighted by molar-refractivity contribution is 0.165. The van der Waals surface area contributed by atoms with Gasteiger partial charge >= 0.3 is 6.09 Å². The van der Waals surface area contributed by atoms with Crippen LogP contribution in [-0.2, 0) is 0 Å². The molecule has 0 heterocycles. The smallest absolute Gasteiger partial charge is 0.410 e. The third-order valence-electron chi connectivity index (χ3n) is 2.72. The second kappa shape index (κ2) is 6.40. The molecule has 1 aromatic carbocycles. The summed E-state index contributed by atoms with van der Waals surface area (Å²) in [6.07, 6.45) is -0.550. The molecule has 0 saturated carbocycles. The first-order valence-corrected chi connectivity index (χ1v) is 5.70. The summed E-state index contributed by atoms with van der Waals surface area (Å²) in [6, 6.07) is 5.27. The van der Waals surface area contributed by atoms with Crippen molar-refractivity contribution in [3.05, 3.63) is 29.8 Å². The highest BCUT2D eigenvalue weighted by molar-refractivity contribution is 5.70. The van der Waals surface area contributed by atoms with Gasteiger partial charge in [-0.05, 0) is 45.5 Å². The minimum atomic E-state index is -2.79. The van der Waals surface area contributed by atoms with Gasteiger partial charge in [-0.15, -0.1) is 0 Å². The molecule has 0 N–H and O–H groups in total. The monoisotopic (exact) mass is 258 g/mol. The Balaban J connectivity index is 3.09. The van der Waals surface area contributed by atoms with E-state index in [0.29, 0.717) is 17.0 Å². The summed E-state index contributed by atoms with van der Waals surface area (Å²) in [5.41, 5.74) is 0.423. The molecule has 1 amide bonds. The summed E-state index contributed by atoms with van der Waals surface area (Å²) in [5.74, 6) is 0.223. The molecule has 0 unspecified atom stereocenters. The molecule has 4 heteroatoms. The molecule has 4 nitrogen and oxygen atoms in total. The molecule has 0 fully saturated rings. The predicted molar refractivity (Wildman–Crippen MR) is 72.9 cm³/mol. The number of ether oxygens (including phenoxy) is 1. The van der Waals surface area contributed by atoms with E-state index in [2.05, 4.69) is 0 Å². The first-order chi connectivity index (χ1) is 10.9. The zero-order valence-electron chi connectivity index (χ0n) is 16.8. The van der Waals surface area contributed by atoms with E-state index in [1.807, 2.05) is 0 Å². The Kier molecular flexibility index (Phi) is 2.77. The Bertz CT molecular complexity index is 559. The Morgan fingerprint density at radius 1 is 1.50 bits per heavy atom. The summed E-state index contributed by atoms with van der Waals surface area (Å²) in [7, 11) is 1.58. The number of benzene rings is 1. The Labute approximate surface area is 118 Å². The number of carbonyl (C=O) groups excluding carboxylic acids is 1. The molecule has 0 saturated heterocycles. The van der Waals surface area contributed by atoms with E-state index in [4.69, 9.17) is 13.0 Å². The maximum Gasteiger partial charge on any atom is 0.414 e. The SMILES string of the molecule is [2H][13C]([2H])([2H])N([C@@H](C)c1cccc(OC(=O)N(C)CC)c1)[13C]([2H])([2H])[2H]. The molecule has 0 aliphatic heterocycles. The van der Waals surface area contributed by atoms with Crippen molar-refractivity contribution in [1.29, 1.82) is 0 Å². The molecule has 1 rings (SSSR count). The number of carbonyl (C=O) groups is 1. The van der Waals surface area contributed by atoms with Crippen molar-refractivity contribution < 1.29 is 17.8 Å². The third kappa shape index (κ3) is 3.74. The van der Waals surface area contributed by atoms with Gasteiger partial charge in [0.05, 0.1) is 0 Å². The van der Waals surface area contributed by atoms with Crippen LogP contribution < -0.4 is 4.74 Å². The van der Waals surface area contributed by atoms with E-state index in [1.54, 1.807) is 32.2 Å². The number of nitrogens with zero attached hydrogens (tertiary/aromatic N) is 2. The minimum Gasteiger partial charge on any atom is -0.410 e. The normalized spacial score (nSPS) is 18.7. The van der Waals surface area contributed by atoms with Gasteiger partial charge in [-0.3, -0.25) is 0 Å². The van der Waals surface area contributed by atoms with Gasteiger partial charge in [-0.2, -0.15) is 0 Å².